The van der Waals surface area contributed by atoms with Crippen molar-refractivity contribution in [2.24, 2.45) is 23.7 Å². The molecule has 5 aromatic carbocycles. The number of rotatable bonds is 0. The highest BCUT2D eigenvalue weighted by molar-refractivity contribution is 6.42. The average molecular weight is 620 g/mol. The zero-order valence-corrected chi connectivity index (χ0v) is 25.8. The van der Waals surface area contributed by atoms with Gasteiger partial charge in [0.1, 0.15) is 0 Å². The summed E-state index contributed by atoms with van der Waals surface area (Å²) in [6.45, 7) is 0. The first-order valence-electron chi connectivity index (χ1n) is 16.4. The van der Waals surface area contributed by atoms with E-state index in [1.54, 1.807) is 11.1 Å². The number of benzene rings is 5. The van der Waals surface area contributed by atoms with Gasteiger partial charge in [-0.2, -0.15) is 0 Å². The molecule has 0 saturated carbocycles. The third-order valence-electron chi connectivity index (χ3n) is 13.0. The van der Waals surface area contributed by atoms with Crippen molar-refractivity contribution in [3.8, 4) is 0 Å². The quantitative estimate of drug-likeness (QED) is 0.157. The molecule has 0 radical (unpaired) electrons. The molecule has 6 atom stereocenters. The van der Waals surface area contributed by atoms with Crippen LogP contribution >= 0.6 is 23.2 Å². The first kappa shape index (κ1) is 24.6. The second kappa shape index (κ2) is 8.20. The minimum absolute atomic E-state index is 0.0240. The van der Waals surface area contributed by atoms with Crippen LogP contribution in [-0.2, 0) is 4.74 Å². The molecule has 0 amide bonds. The summed E-state index contributed by atoms with van der Waals surface area (Å²) >= 11 is 13.4. The van der Waals surface area contributed by atoms with Crippen LogP contribution in [0.15, 0.2) is 120 Å². The first-order chi connectivity index (χ1) is 22.2. The van der Waals surface area contributed by atoms with Crippen LogP contribution in [0.2, 0.25) is 10.0 Å². The fraction of sp³-hybridized carbons (Fsp3) is 0.238. The van der Waals surface area contributed by atoms with Gasteiger partial charge >= 0.3 is 0 Å². The topological polar surface area (TPSA) is 9.23 Å². The van der Waals surface area contributed by atoms with Gasteiger partial charge in [-0.3, -0.25) is 0 Å². The van der Waals surface area contributed by atoms with Crippen LogP contribution < -0.4 is 0 Å². The molecule has 3 heteroatoms. The van der Waals surface area contributed by atoms with Gasteiger partial charge in [0.25, 0.3) is 0 Å². The predicted octanol–water partition coefficient (Wildman–Crippen LogP) is 10.5. The van der Waals surface area contributed by atoms with Crippen molar-refractivity contribution in [3.63, 3.8) is 0 Å². The molecule has 0 unspecified atom stereocenters. The molecule has 216 valence electrons. The summed E-state index contributed by atoms with van der Waals surface area (Å²) < 4.78 is 7.22. The van der Waals surface area contributed by atoms with E-state index in [0.29, 0.717) is 45.6 Å². The number of hydrogen-bond acceptors (Lipinski definition) is 1. The van der Waals surface area contributed by atoms with E-state index < -0.39 is 0 Å². The molecule has 0 spiro atoms. The van der Waals surface area contributed by atoms with Gasteiger partial charge in [-0.05, 0) is 79.6 Å². The fourth-order valence-electron chi connectivity index (χ4n) is 11.9. The van der Waals surface area contributed by atoms with E-state index in [1.807, 2.05) is 0 Å². The van der Waals surface area contributed by atoms with Crippen LogP contribution in [0.1, 0.15) is 91.5 Å². The second-order valence-corrected chi connectivity index (χ2v) is 15.1. The van der Waals surface area contributed by atoms with Gasteiger partial charge in [-0.1, -0.05) is 131 Å². The van der Waals surface area contributed by atoms with Crippen molar-refractivity contribution in [2.45, 2.75) is 35.9 Å². The fourth-order valence-corrected chi connectivity index (χ4v) is 12.2. The third-order valence-corrected chi connectivity index (χ3v) is 13.7. The maximum Gasteiger partial charge on any atom is 0.0875 e. The number of halogens is 2. The number of fused-ring (bicyclic) bond motifs is 8. The van der Waals surface area contributed by atoms with Crippen LogP contribution in [0.3, 0.4) is 0 Å². The Morgan fingerprint density at radius 1 is 0.400 bits per heavy atom. The molecule has 1 nitrogen and oxygen atoms in total. The Kier molecular flexibility index (Phi) is 4.48. The molecule has 7 aliphatic carbocycles. The van der Waals surface area contributed by atoms with E-state index in [1.165, 1.54) is 55.6 Å². The minimum Gasteiger partial charge on any atom is -0.365 e. The normalized spacial score (nSPS) is 34.3. The van der Waals surface area contributed by atoms with Crippen molar-refractivity contribution in [2.75, 3.05) is 0 Å². The van der Waals surface area contributed by atoms with E-state index in [0.717, 1.165) is 0 Å². The molecule has 0 aromatic heterocycles. The highest BCUT2D eigenvalue weighted by Crippen LogP contribution is 2.77. The van der Waals surface area contributed by atoms with Crippen molar-refractivity contribution in [3.05, 3.63) is 186 Å². The van der Waals surface area contributed by atoms with Crippen LogP contribution in [0.5, 0.6) is 0 Å². The van der Waals surface area contributed by atoms with Gasteiger partial charge in [0, 0.05) is 35.5 Å². The van der Waals surface area contributed by atoms with E-state index in [4.69, 9.17) is 27.9 Å². The number of hydrogen-bond donors (Lipinski definition) is 0. The highest BCUT2D eigenvalue weighted by atomic mass is 35.5. The van der Waals surface area contributed by atoms with Gasteiger partial charge in [0.05, 0.1) is 22.3 Å². The highest BCUT2D eigenvalue weighted by Gasteiger charge is 2.68. The van der Waals surface area contributed by atoms with E-state index in [-0.39, 0.29) is 24.0 Å². The standard InChI is InChI=1S/C42H28Cl2O/c43-29-17-27-28(18-30(29)44)42-40-38-34-25-15-7-3-11-21(25)32(22-12-4-8-16-26(22)34)36(38)35-31-19-9-1-5-13-23(19)33(24-14-6-2-10-20(24)31)37(35)39(40)41(27)45-42/h1-18,31-34,37-42H/t31?,32?,33?,34?,37-,38+,39-,40-,41+,42+/m1/s1. The Morgan fingerprint density at radius 3 is 1.04 bits per heavy atom. The summed E-state index contributed by atoms with van der Waals surface area (Å²) in [5, 5.41) is 1.27. The summed E-state index contributed by atoms with van der Waals surface area (Å²) in [4.78, 5) is 0. The molecule has 1 fully saturated rings. The maximum absolute atomic E-state index is 7.22. The predicted molar refractivity (Wildman–Crippen MR) is 177 cm³/mol. The maximum atomic E-state index is 7.22. The van der Waals surface area contributed by atoms with Gasteiger partial charge < -0.3 is 4.74 Å². The molecule has 2 aliphatic heterocycles. The molecule has 5 aromatic rings. The average Bonchev–Trinajstić information content (AvgIpc) is 3.65. The SMILES string of the molecule is Clc1cc2c(cc1Cl)[C@@H]1O[C@@H]2[C@H]2[C@H]1[C@@H]1C(=C3C4c5ccccc5C(c5ccccc54)[C@H]32)C2c3ccccc3C1c1ccccc12. The zero-order valence-electron chi connectivity index (χ0n) is 24.3. The Bertz CT molecular complexity index is 1960. The Morgan fingerprint density at radius 2 is 0.711 bits per heavy atom. The largest absolute Gasteiger partial charge is 0.365 e. The van der Waals surface area contributed by atoms with Crippen LogP contribution in [0.25, 0.3) is 0 Å². The van der Waals surface area contributed by atoms with Gasteiger partial charge in [0.2, 0.25) is 0 Å². The molecule has 2 heterocycles. The summed E-state index contributed by atoms with van der Waals surface area (Å²) in [7, 11) is 0. The summed E-state index contributed by atoms with van der Waals surface area (Å²) in [5.41, 5.74) is 18.1. The lowest BCUT2D eigenvalue weighted by Crippen LogP contribution is -2.52. The van der Waals surface area contributed by atoms with Crippen LogP contribution in [0.4, 0.5) is 0 Å². The van der Waals surface area contributed by atoms with Gasteiger partial charge in [-0.25, -0.2) is 0 Å². The van der Waals surface area contributed by atoms with Crippen molar-refractivity contribution in [1.29, 1.82) is 0 Å². The molecule has 9 aliphatic rings. The lowest BCUT2D eigenvalue weighted by Gasteiger charge is -2.61. The van der Waals surface area contributed by atoms with Crippen molar-refractivity contribution in [1.82, 2.24) is 0 Å². The van der Waals surface area contributed by atoms with Crippen LogP contribution in [0, 0.1) is 23.7 Å². The summed E-state index contributed by atoms with van der Waals surface area (Å²) in [6, 6.07) is 41.6. The number of ether oxygens (including phenoxy) is 1. The molecule has 1 saturated heterocycles. The molecule has 6 bridgehead atoms. The molecule has 14 rings (SSSR count). The smallest absolute Gasteiger partial charge is 0.0875 e. The molecular formula is C42H28Cl2O. The Balaban J connectivity index is 1.23. The summed E-state index contributed by atoms with van der Waals surface area (Å²) in [5.74, 6) is 2.69. The van der Waals surface area contributed by atoms with Gasteiger partial charge in [0.15, 0.2) is 0 Å². The van der Waals surface area contributed by atoms with E-state index in [2.05, 4.69) is 109 Å². The lowest BCUT2D eigenvalue weighted by atomic mass is 9.41. The monoisotopic (exact) mass is 618 g/mol. The van der Waals surface area contributed by atoms with E-state index in [9.17, 15) is 0 Å². The molecule has 45 heavy (non-hydrogen) atoms. The summed E-state index contributed by atoms with van der Waals surface area (Å²) in [6.07, 6.45) is 0.0480. The number of allylic oxidation sites excluding steroid dienone is 2. The van der Waals surface area contributed by atoms with Gasteiger partial charge in [-0.15, -0.1) is 0 Å². The minimum atomic E-state index is 0.0240. The molecule has 0 N–H and O–H groups in total. The lowest BCUT2D eigenvalue weighted by molar-refractivity contribution is 0.0469. The van der Waals surface area contributed by atoms with Crippen LogP contribution in [-0.4, -0.2) is 0 Å². The van der Waals surface area contributed by atoms with Crippen molar-refractivity contribution >= 4 is 23.2 Å². The molecular weight excluding hydrogens is 591 g/mol. The second-order valence-electron chi connectivity index (χ2n) is 14.3. The third kappa shape index (κ3) is 2.70. The zero-order chi connectivity index (χ0) is 29.3. The Hall–Kier alpha value is -3.62. The Labute approximate surface area is 272 Å². The van der Waals surface area contributed by atoms with Crippen molar-refractivity contribution < 1.29 is 4.74 Å². The van der Waals surface area contributed by atoms with E-state index >= 15 is 0 Å². The first-order valence-corrected chi connectivity index (χ1v) is 17.2.